The monoisotopic (exact) mass is 424 g/mol. The molecule has 0 aromatic carbocycles. The minimum absolute atomic E-state index is 0.0278. The Kier molecular flexibility index (Phi) is 6.59. The highest BCUT2D eigenvalue weighted by Crippen LogP contribution is 2.35. The molecule has 3 aromatic rings. The van der Waals surface area contributed by atoms with Gasteiger partial charge in [-0.15, -0.1) is 11.3 Å². The second-order valence-electron chi connectivity index (χ2n) is 7.07. The number of nitrogens with one attached hydrogen (secondary N) is 1. The van der Waals surface area contributed by atoms with Crippen molar-refractivity contribution in [2.24, 2.45) is 0 Å². The molecule has 2 N–H and O–H groups in total. The number of pyridine rings is 2. The van der Waals surface area contributed by atoms with E-state index in [1.165, 1.54) is 5.56 Å². The van der Waals surface area contributed by atoms with Gasteiger partial charge < -0.3 is 20.0 Å². The average molecular weight is 425 g/mol. The number of hydrogen-bond donors (Lipinski definition) is 2. The van der Waals surface area contributed by atoms with Gasteiger partial charge in [-0.1, -0.05) is 6.07 Å². The molecule has 1 aliphatic heterocycles. The van der Waals surface area contributed by atoms with Gasteiger partial charge in [0, 0.05) is 18.0 Å². The number of rotatable bonds is 3. The van der Waals surface area contributed by atoms with Crippen LogP contribution >= 0.6 is 11.3 Å². The first kappa shape index (κ1) is 20.7. The van der Waals surface area contributed by atoms with Crippen LogP contribution in [-0.2, 0) is 15.9 Å². The Labute approximate surface area is 179 Å². The number of aliphatic hydroxyl groups is 1. The van der Waals surface area contributed by atoms with Crippen LogP contribution in [0, 0.1) is 12.3 Å². The summed E-state index contributed by atoms with van der Waals surface area (Å²) in [6, 6.07) is 8.12. The zero-order valence-electron chi connectivity index (χ0n) is 16.8. The number of aromatic nitrogens is 3. The van der Waals surface area contributed by atoms with Crippen molar-refractivity contribution in [3.05, 3.63) is 53.6 Å². The van der Waals surface area contributed by atoms with Crippen molar-refractivity contribution < 1.29 is 14.6 Å². The van der Waals surface area contributed by atoms with E-state index in [4.69, 9.17) is 25.0 Å². The van der Waals surface area contributed by atoms with Gasteiger partial charge >= 0.3 is 0 Å². The third kappa shape index (κ3) is 4.62. The molecule has 8 heteroatoms. The van der Waals surface area contributed by atoms with Gasteiger partial charge in [-0.05, 0) is 49.9 Å². The lowest BCUT2D eigenvalue weighted by Crippen LogP contribution is -2.13. The fourth-order valence-corrected chi connectivity index (χ4v) is 4.44. The van der Waals surface area contributed by atoms with E-state index in [2.05, 4.69) is 22.1 Å². The number of hydrogen-bond acceptors (Lipinski definition) is 8. The number of thiazole rings is 1. The van der Waals surface area contributed by atoms with Gasteiger partial charge in [0.05, 0.1) is 47.5 Å². The molecule has 1 saturated heterocycles. The molecule has 0 saturated carbocycles. The molecule has 3 aromatic heterocycles. The van der Waals surface area contributed by atoms with Crippen LogP contribution in [-0.4, -0.2) is 51.9 Å². The predicted octanol–water partition coefficient (Wildman–Crippen LogP) is 3.63. The maximum Gasteiger partial charge on any atom is 0.180 e. The Bertz CT molecular complexity index is 1020. The number of nitrogens with zero attached hydrogens (tertiary/aromatic N) is 3. The van der Waals surface area contributed by atoms with Crippen LogP contribution in [0.1, 0.15) is 29.8 Å². The average Bonchev–Trinajstić information content (AvgIpc) is 3.45. The van der Waals surface area contributed by atoms with Crippen LogP contribution in [0.5, 0.6) is 0 Å². The van der Waals surface area contributed by atoms with E-state index in [1.807, 2.05) is 25.3 Å². The van der Waals surface area contributed by atoms with E-state index in [-0.39, 0.29) is 12.9 Å². The maximum absolute atomic E-state index is 8.32. The predicted molar refractivity (Wildman–Crippen MR) is 116 cm³/mol. The minimum atomic E-state index is -0.347. The molecule has 0 unspecified atom stereocenters. The van der Waals surface area contributed by atoms with Crippen LogP contribution < -0.4 is 0 Å². The largest absolute Gasteiger partial charge is 0.391 e. The number of ether oxygens (including phenoxy) is 2. The van der Waals surface area contributed by atoms with Gasteiger partial charge in [0.25, 0.3) is 0 Å². The third-order valence-corrected chi connectivity index (χ3v) is 6.14. The van der Waals surface area contributed by atoms with Crippen molar-refractivity contribution in [2.75, 3.05) is 19.8 Å². The van der Waals surface area contributed by atoms with Gasteiger partial charge in [0.15, 0.2) is 6.29 Å². The highest BCUT2D eigenvalue weighted by atomic mass is 32.1. The summed E-state index contributed by atoms with van der Waals surface area (Å²) in [4.78, 5) is 14.7. The van der Waals surface area contributed by atoms with Crippen molar-refractivity contribution in [2.45, 2.75) is 32.5 Å². The Balaban J connectivity index is 0.000000265. The van der Waals surface area contributed by atoms with Crippen molar-refractivity contribution in [1.82, 2.24) is 15.0 Å². The van der Waals surface area contributed by atoms with Crippen LogP contribution in [0.2, 0.25) is 0 Å². The topological polar surface area (TPSA) is 101 Å². The highest BCUT2D eigenvalue weighted by molar-refractivity contribution is 7.18. The SMILES string of the molecule is Cc1nc(-c2cccnc2)sc1-c1ccc2c(n1)C(=N)CCC2.OCC1OCCO1. The first-order valence-electron chi connectivity index (χ1n) is 9.95. The van der Waals surface area contributed by atoms with Crippen molar-refractivity contribution in [1.29, 1.82) is 5.41 Å². The van der Waals surface area contributed by atoms with Crippen molar-refractivity contribution in [3.8, 4) is 21.1 Å². The van der Waals surface area contributed by atoms with Gasteiger partial charge in [-0.2, -0.15) is 0 Å². The van der Waals surface area contributed by atoms with E-state index in [9.17, 15) is 0 Å². The maximum atomic E-state index is 8.32. The van der Waals surface area contributed by atoms with Crippen molar-refractivity contribution in [3.63, 3.8) is 0 Å². The summed E-state index contributed by atoms with van der Waals surface area (Å²) in [7, 11) is 0. The van der Waals surface area contributed by atoms with Gasteiger partial charge in [0.1, 0.15) is 5.01 Å². The summed E-state index contributed by atoms with van der Waals surface area (Å²) in [5.41, 5.74) is 5.63. The molecule has 30 heavy (non-hydrogen) atoms. The Hall–Kier alpha value is -2.52. The second kappa shape index (κ2) is 9.53. The molecule has 0 spiro atoms. The zero-order chi connectivity index (χ0) is 20.9. The number of aliphatic hydroxyl groups excluding tert-OH is 1. The molecule has 4 heterocycles. The lowest BCUT2D eigenvalue weighted by Gasteiger charge is -2.16. The smallest absolute Gasteiger partial charge is 0.180 e. The molecule has 1 aliphatic carbocycles. The Morgan fingerprint density at radius 3 is 2.70 bits per heavy atom. The van der Waals surface area contributed by atoms with Gasteiger partial charge in [-0.25, -0.2) is 9.97 Å². The summed E-state index contributed by atoms with van der Waals surface area (Å²) < 4.78 is 9.66. The number of aryl methyl sites for hydroxylation is 2. The van der Waals surface area contributed by atoms with E-state index in [0.717, 1.165) is 51.8 Å². The summed E-state index contributed by atoms with van der Waals surface area (Å²) in [5.74, 6) is 0. The van der Waals surface area contributed by atoms with Crippen LogP contribution in [0.15, 0.2) is 36.7 Å². The molecule has 1 fully saturated rings. The zero-order valence-corrected chi connectivity index (χ0v) is 17.6. The number of fused-ring (bicyclic) bond motifs is 1. The van der Waals surface area contributed by atoms with E-state index < -0.39 is 0 Å². The van der Waals surface area contributed by atoms with Gasteiger partial charge in [0.2, 0.25) is 0 Å². The lowest BCUT2D eigenvalue weighted by molar-refractivity contribution is -0.0747. The van der Waals surface area contributed by atoms with Gasteiger partial charge in [-0.3, -0.25) is 4.98 Å². The standard InChI is InChI=1S/C18H16N4S.C4H8O3/c1-11-17(23-18(21-11)13-5-3-9-20-10-13)15-8-7-12-4-2-6-14(19)16(12)22-15;5-3-4-6-1-2-7-4/h3,5,7-10,19H,2,4,6H2,1H3;4-5H,1-3H2. The highest BCUT2D eigenvalue weighted by Gasteiger charge is 2.19. The normalized spacial score (nSPS) is 16.1. The van der Waals surface area contributed by atoms with Crippen LogP contribution in [0.4, 0.5) is 0 Å². The summed E-state index contributed by atoms with van der Waals surface area (Å²) in [5, 5.41) is 17.4. The molecular weight excluding hydrogens is 400 g/mol. The molecule has 0 amide bonds. The Morgan fingerprint density at radius 2 is 2.00 bits per heavy atom. The fraction of sp³-hybridized carbons (Fsp3) is 0.364. The minimum Gasteiger partial charge on any atom is -0.391 e. The molecule has 0 atom stereocenters. The first-order chi connectivity index (χ1) is 14.7. The lowest BCUT2D eigenvalue weighted by atomic mass is 9.94. The quantitative estimate of drug-likeness (QED) is 0.666. The van der Waals surface area contributed by atoms with E-state index >= 15 is 0 Å². The second-order valence-corrected chi connectivity index (χ2v) is 8.06. The molecule has 0 bridgehead atoms. The Morgan fingerprint density at radius 1 is 1.17 bits per heavy atom. The molecule has 7 nitrogen and oxygen atoms in total. The molecule has 5 rings (SSSR count). The van der Waals surface area contributed by atoms with Crippen LogP contribution in [0.25, 0.3) is 21.1 Å². The van der Waals surface area contributed by atoms with E-state index in [0.29, 0.717) is 18.9 Å². The van der Waals surface area contributed by atoms with Crippen LogP contribution in [0.3, 0.4) is 0 Å². The molecule has 0 radical (unpaired) electrons. The summed E-state index contributed by atoms with van der Waals surface area (Å²) in [6.45, 7) is 3.22. The molecule has 156 valence electrons. The summed E-state index contributed by atoms with van der Waals surface area (Å²) in [6.07, 6.45) is 6.15. The van der Waals surface area contributed by atoms with E-state index in [1.54, 1.807) is 17.5 Å². The third-order valence-electron chi connectivity index (χ3n) is 4.92. The summed E-state index contributed by atoms with van der Waals surface area (Å²) >= 11 is 1.63. The molecule has 2 aliphatic rings. The van der Waals surface area contributed by atoms with Crippen molar-refractivity contribution >= 4 is 17.0 Å². The molecular formula is C22H24N4O3S. The fourth-order valence-electron chi connectivity index (χ4n) is 3.41. The first-order valence-corrected chi connectivity index (χ1v) is 10.8.